The predicted octanol–water partition coefficient (Wildman–Crippen LogP) is 5.15. The summed E-state index contributed by atoms with van der Waals surface area (Å²) in [6, 6.07) is 6.67. The first kappa shape index (κ1) is 22.6. The van der Waals surface area contributed by atoms with Crippen molar-refractivity contribution in [3.8, 4) is 0 Å². The van der Waals surface area contributed by atoms with E-state index < -0.39 is 11.4 Å². The van der Waals surface area contributed by atoms with Crippen LogP contribution in [0.4, 0.5) is 26.5 Å². The number of rotatable bonds is 3. The topological polar surface area (TPSA) is 83.5 Å². The Hall–Kier alpha value is -3.20. The van der Waals surface area contributed by atoms with Gasteiger partial charge in [-0.05, 0) is 51.8 Å². The third kappa shape index (κ3) is 4.32. The quantitative estimate of drug-likeness (QED) is 0.550. The number of ether oxygens (including phenoxy) is 1. The molecule has 1 amide bonds. The second-order valence-corrected chi connectivity index (χ2v) is 10.2. The maximum Gasteiger partial charge on any atom is 0.410 e. The van der Waals surface area contributed by atoms with E-state index in [1.807, 2.05) is 31.7 Å². The van der Waals surface area contributed by atoms with Gasteiger partial charge in [-0.3, -0.25) is 4.90 Å². The number of amides is 1. The number of benzene rings is 1. The number of nitrogens with one attached hydrogen (secondary N) is 1. The Morgan fingerprint density at radius 1 is 1.21 bits per heavy atom. The largest absolute Gasteiger partial charge is 0.444 e. The lowest BCUT2D eigenvalue weighted by molar-refractivity contribution is 0.0106. The number of aromatic nitrogens is 3. The zero-order valence-corrected chi connectivity index (χ0v) is 20.1. The number of hydrogen-bond acceptors (Lipinski definition) is 7. The van der Waals surface area contributed by atoms with Crippen molar-refractivity contribution in [3.63, 3.8) is 0 Å². The van der Waals surface area contributed by atoms with Gasteiger partial charge < -0.3 is 15.0 Å². The van der Waals surface area contributed by atoms with Gasteiger partial charge in [-0.1, -0.05) is 17.7 Å². The highest BCUT2D eigenvalue weighted by molar-refractivity contribution is 6.31. The summed E-state index contributed by atoms with van der Waals surface area (Å²) >= 11 is 5.93. The summed E-state index contributed by atoms with van der Waals surface area (Å²) in [7, 11) is 0. The second kappa shape index (κ2) is 8.23. The Morgan fingerprint density at radius 2 is 2.00 bits per heavy atom. The van der Waals surface area contributed by atoms with Crippen molar-refractivity contribution < 1.29 is 13.9 Å². The second-order valence-electron chi connectivity index (χ2n) is 9.79. The van der Waals surface area contributed by atoms with E-state index in [1.54, 1.807) is 18.3 Å². The van der Waals surface area contributed by atoms with E-state index in [1.165, 1.54) is 12.4 Å². The van der Waals surface area contributed by atoms with Gasteiger partial charge in [0.15, 0.2) is 5.82 Å². The third-order valence-electron chi connectivity index (χ3n) is 6.13. The van der Waals surface area contributed by atoms with E-state index in [0.29, 0.717) is 36.4 Å². The van der Waals surface area contributed by atoms with Crippen molar-refractivity contribution in [3.05, 3.63) is 47.6 Å². The lowest BCUT2D eigenvalue weighted by Crippen LogP contribution is -2.58. The molecule has 5 rings (SSSR count). The molecule has 1 aliphatic heterocycles. The van der Waals surface area contributed by atoms with Crippen LogP contribution in [0.2, 0.25) is 5.02 Å². The number of nitrogens with zero attached hydrogens (tertiary/aromatic N) is 5. The van der Waals surface area contributed by atoms with Gasteiger partial charge in [0, 0.05) is 25.0 Å². The number of carbonyl (C=O) groups excluding carboxylic acids is 1. The Balaban J connectivity index is 1.41. The molecule has 34 heavy (non-hydrogen) atoms. The average Bonchev–Trinajstić information content (AvgIpc) is 3.54. The van der Waals surface area contributed by atoms with Crippen LogP contribution in [0.3, 0.4) is 0 Å². The summed E-state index contributed by atoms with van der Waals surface area (Å²) in [6.45, 7) is 7.48. The van der Waals surface area contributed by atoms with Gasteiger partial charge >= 0.3 is 6.09 Å². The van der Waals surface area contributed by atoms with Crippen LogP contribution < -0.4 is 10.2 Å². The number of halogens is 2. The fourth-order valence-corrected chi connectivity index (χ4v) is 4.47. The fraction of sp³-hybridized carbons (Fsp3) is 0.417. The van der Waals surface area contributed by atoms with Gasteiger partial charge in [0.25, 0.3) is 0 Å². The molecule has 1 saturated heterocycles. The molecule has 1 spiro atoms. The molecule has 1 aromatic carbocycles. The van der Waals surface area contributed by atoms with E-state index in [0.717, 1.165) is 18.7 Å². The van der Waals surface area contributed by atoms with E-state index in [4.69, 9.17) is 16.3 Å². The van der Waals surface area contributed by atoms with E-state index in [2.05, 4.69) is 25.2 Å². The van der Waals surface area contributed by atoms with Gasteiger partial charge in [0.05, 0.1) is 28.0 Å². The van der Waals surface area contributed by atoms with Crippen LogP contribution in [0.5, 0.6) is 0 Å². The first-order valence-corrected chi connectivity index (χ1v) is 11.6. The smallest absolute Gasteiger partial charge is 0.410 e. The molecule has 1 saturated carbocycles. The van der Waals surface area contributed by atoms with E-state index in [-0.39, 0.29) is 22.3 Å². The van der Waals surface area contributed by atoms with Crippen LogP contribution in [-0.2, 0) is 4.74 Å². The molecule has 178 valence electrons. The van der Waals surface area contributed by atoms with Crippen molar-refractivity contribution in [2.45, 2.75) is 44.8 Å². The fourth-order valence-electron chi connectivity index (χ4n) is 4.30. The molecular weight excluding hydrogens is 459 g/mol. The molecule has 0 radical (unpaired) electrons. The number of piperazine rings is 1. The van der Waals surface area contributed by atoms with Crippen molar-refractivity contribution >= 4 is 45.9 Å². The van der Waals surface area contributed by atoms with Gasteiger partial charge in [-0.2, -0.15) is 0 Å². The van der Waals surface area contributed by atoms with Crippen LogP contribution in [0.15, 0.2) is 36.8 Å². The molecule has 8 nitrogen and oxygen atoms in total. The Bertz CT molecular complexity index is 1260. The molecule has 2 fully saturated rings. The number of fused-ring (bicyclic) bond motifs is 1. The third-order valence-corrected chi connectivity index (χ3v) is 6.42. The van der Waals surface area contributed by atoms with Crippen LogP contribution in [0.25, 0.3) is 10.9 Å². The lowest BCUT2D eigenvalue weighted by atomic mass is 10.1. The average molecular weight is 485 g/mol. The maximum atomic E-state index is 14.5. The molecule has 1 aliphatic carbocycles. The molecule has 3 heterocycles. The lowest BCUT2D eigenvalue weighted by Gasteiger charge is -2.42. The molecule has 3 aromatic rings. The van der Waals surface area contributed by atoms with Gasteiger partial charge in [0.1, 0.15) is 23.6 Å². The summed E-state index contributed by atoms with van der Waals surface area (Å²) in [6.07, 6.45) is 4.69. The molecular formula is C24H26ClFN6O2. The molecule has 0 bridgehead atoms. The number of anilines is 3. The van der Waals surface area contributed by atoms with E-state index in [9.17, 15) is 9.18 Å². The highest BCUT2D eigenvalue weighted by Gasteiger charge is 2.54. The minimum atomic E-state index is -0.542. The molecule has 2 aromatic heterocycles. The molecule has 2 aliphatic rings. The number of hydrogen-bond donors (Lipinski definition) is 1. The monoisotopic (exact) mass is 484 g/mol. The molecule has 0 atom stereocenters. The van der Waals surface area contributed by atoms with Gasteiger partial charge in [0.2, 0.25) is 0 Å². The Labute approximate surface area is 202 Å². The van der Waals surface area contributed by atoms with Crippen molar-refractivity contribution in [1.82, 2.24) is 19.9 Å². The number of carbonyl (C=O) groups is 1. The molecule has 1 N–H and O–H groups in total. The van der Waals surface area contributed by atoms with Gasteiger partial charge in [-0.15, -0.1) is 0 Å². The van der Waals surface area contributed by atoms with E-state index >= 15 is 0 Å². The first-order chi connectivity index (χ1) is 16.2. The zero-order valence-electron chi connectivity index (χ0n) is 19.3. The van der Waals surface area contributed by atoms with Gasteiger partial charge in [-0.25, -0.2) is 24.1 Å². The maximum absolute atomic E-state index is 14.5. The molecule has 10 heteroatoms. The van der Waals surface area contributed by atoms with Crippen LogP contribution >= 0.6 is 11.6 Å². The minimum absolute atomic E-state index is 0.0308. The van der Waals surface area contributed by atoms with Crippen molar-refractivity contribution in [2.75, 3.05) is 29.9 Å². The Morgan fingerprint density at radius 3 is 2.74 bits per heavy atom. The summed E-state index contributed by atoms with van der Waals surface area (Å²) in [5, 5.41) is 3.78. The minimum Gasteiger partial charge on any atom is -0.444 e. The van der Waals surface area contributed by atoms with Crippen LogP contribution in [0.1, 0.15) is 33.6 Å². The van der Waals surface area contributed by atoms with Crippen molar-refractivity contribution in [2.24, 2.45) is 0 Å². The summed E-state index contributed by atoms with van der Waals surface area (Å²) in [4.78, 5) is 30.0. The predicted molar refractivity (Wildman–Crippen MR) is 129 cm³/mol. The van der Waals surface area contributed by atoms with Crippen molar-refractivity contribution in [1.29, 1.82) is 0 Å². The summed E-state index contributed by atoms with van der Waals surface area (Å²) in [5.74, 6) is 0.675. The summed E-state index contributed by atoms with van der Waals surface area (Å²) < 4.78 is 20.1. The zero-order chi connectivity index (χ0) is 24.1. The number of pyridine rings is 1. The normalized spacial score (nSPS) is 17.2. The highest BCUT2D eigenvalue weighted by Crippen LogP contribution is 2.45. The molecule has 0 unspecified atom stereocenters. The SMILES string of the molecule is CC(C)(C)OC(=O)N1CCN(c2cc3c(Nc4cccc(Cl)c4F)ncnc3cn2)CC12CC2. The first-order valence-electron chi connectivity index (χ1n) is 11.2. The standard InChI is InChI=1S/C24H26ClFN6O2/c1-23(2,3)34-22(33)32-10-9-31(13-24(32)7-8-24)19-11-15-18(12-27-19)28-14-29-21(15)30-17-6-4-5-16(25)20(17)26/h4-6,11-12,14H,7-10,13H2,1-3H3,(H,28,29,30). The Kier molecular flexibility index (Phi) is 5.47. The summed E-state index contributed by atoms with van der Waals surface area (Å²) in [5.41, 5.74) is 0.108. The van der Waals surface area contributed by atoms with Crippen LogP contribution in [0, 0.1) is 5.82 Å². The van der Waals surface area contributed by atoms with Crippen LogP contribution in [-0.4, -0.2) is 56.7 Å². The highest BCUT2D eigenvalue weighted by atomic mass is 35.5.